The molecular formula is C12H23N5O2. The molecule has 3 N–H and O–H groups in total. The molecule has 0 aromatic carbocycles. The third kappa shape index (κ3) is 5.69. The summed E-state index contributed by atoms with van der Waals surface area (Å²) < 4.78 is 5.36. The zero-order valence-corrected chi connectivity index (χ0v) is 12.2. The first-order valence-corrected chi connectivity index (χ1v) is 6.43. The molecule has 0 saturated carbocycles. The molecule has 1 rings (SSSR count). The van der Waals surface area contributed by atoms with E-state index in [1.54, 1.807) is 6.92 Å². The minimum atomic E-state index is -0.438. The lowest BCUT2D eigenvalue weighted by Crippen LogP contribution is -2.47. The molecule has 7 nitrogen and oxygen atoms in total. The highest BCUT2D eigenvalue weighted by molar-refractivity contribution is 5.84. The Hall–Kier alpha value is -1.63. The second kappa shape index (κ2) is 6.51. The van der Waals surface area contributed by atoms with Gasteiger partial charge < -0.3 is 20.4 Å². The van der Waals surface area contributed by atoms with E-state index in [0.717, 1.165) is 6.54 Å². The Labute approximate surface area is 113 Å². The third-order valence-electron chi connectivity index (χ3n) is 2.22. The quantitative estimate of drug-likeness (QED) is 0.710. The Morgan fingerprint density at radius 1 is 1.37 bits per heavy atom. The maximum absolute atomic E-state index is 11.9. The van der Waals surface area contributed by atoms with E-state index in [2.05, 4.69) is 26.1 Å². The zero-order chi connectivity index (χ0) is 14.5. The standard InChI is InChI=1S/C12H23N5O2/c1-6-13-7-9-16-17-11(19-9)14-8(2)10(18)15-12(3,4)5/h8,13H,6-7H2,1-5H3,(H,14,17)(H,15,18). The molecule has 7 heteroatoms. The summed E-state index contributed by atoms with van der Waals surface area (Å²) in [5, 5.41) is 16.5. The van der Waals surface area contributed by atoms with Gasteiger partial charge in [0.25, 0.3) is 0 Å². The highest BCUT2D eigenvalue weighted by atomic mass is 16.4. The van der Waals surface area contributed by atoms with Crippen molar-refractivity contribution in [2.45, 2.75) is 52.7 Å². The van der Waals surface area contributed by atoms with Crippen LogP contribution in [0.3, 0.4) is 0 Å². The molecule has 1 amide bonds. The molecule has 0 bridgehead atoms. The summed E-state index contributed by atoms with van der Waals surface area (Å²) in [4.78, 5) is 11.9. The van der Waals surface area contributed by atoms with Crippen LogP contribution in [-0.2, 0) is 11.3 Å². The van der Waals surface area contributed by atoms with E-state index in [-0.39, 0.29) is 17.5 Å². The molecular weight excluding hydrogens is 246 g/mol. The number of nitrogens with zero attached hydrogens (tertiary/aromatic N) is 2. The van der Waals surface area contributed by atoms with E-state index in [1.807, 2.05) is 27.7 Å². The fraction of sp³-hybridized carbons (Fsp3) is 0.750. The molecule has 108 valence electrons. The summed E-state index contributed by atoms with van der Waals surface area (Å²) >= 11 is 0. The Morgan fingerprint density at radius 2 is 2.05 bits per heavy atom. The lowest BCUT2D eigenvalue weighted by Gasteiger charge is -2.23. The van der Waals surface area contributed by atoms with Gasteiger partial charge in [-0.1, -0.05) is 12.0 Å². The molecule has 0 aliphatic carbocycles. The first-order valence-electron chi connectivity index (χ1n) is 6.43. The Bertz CT molecular complexity index is 410. The number of hydrogen-bond acceptors (Lipinski definition) is 6. The fourth-order valence-electron chi connectivity index (χ4n) is 1.34. The largest absolute Gasteiger partial charge is 0.407 e. The van der Waals surface area contributed by atoms with Gasteiger partial charge >= 0.3 is 6.01 Å². The number of amides is 1. The Kier molecular flexibility index (Phi) is 5.29. The first-order chi connectivity index (χ1) is 8.81. The summed E-state index contributed by atoms with van der Waals surface area (Å²) in [6.45, 7) is 10.9. The number of hydrogen-bond donors (Lipinski definition) is 3. The van der Waals surface area contributed by atoms with E-state index in [1.165, 1.54) is 0 Å². The van der Waals surface area contributed by atoms with Crippen LogP contribution in [0.4, 0.5) is 6.01 Å². The molecule has 1 aromatic heterocycles. The predicted octanol–water partition coefficient (Wildman–Crippen LogP) is 0.894. The van der Waals surface area contributed by atoms with Crippen molar-refractivity contribution in [1.29, 1.82) is 0 Å². The van der Waals surface area contributed by atoms with E-state index in [4.69, 9.17) is 4.42 Å². The number of aromatic nitrogens is 2. The monoisotopic (exact) mass is 269 g/mol. The third-order valence-corrected chi connectivity index (χ3v) is 2.22. The van der Waals surface area contributed by atoms with E-state index < -0.39 is 6.04 Å². The summed E-state index contributed by atoms with van der Waals surface area (Å²) in [6.07, 6.45) is 0. The second-order valence-electron chi connectivity index (χ2n) is 5.39. The molecule has 0 spiro atoms. The molecule has 0 saturated heterocycles. The normalized spacial score (nSPS) is 13.1. The molecule has 19 heavy (non-hydrogen) atoms. The molecule has 0 aliphatic heterocycles. The minimum absolute atomic E-state index is 0.112. The minimum Gasteiger partial charge on any atom is -0.407 e. The van der Waals surface area contributed by atoms with Gasteiger partial charge in [-0.25, -0.2) is 0 Å². The van der Waals surface area contributed by atoms with Crippen molar-refractivity contribution >= 4 is 11.9 Å². The van der Waals surface area contributed by atoms with Gasteiger partial charge in [-0.15, -0.1) is 5.10 Å². The van der Waals surface area contributed by atoms with Crippen molar-refractivity contribution in [3.63, 3.8) is 0 Å². The van der Waals surface area contributed by atoms with Crippen molar-refractivity contribution in [3.8, 4) is 0 Å². The van der Waals surface area contributed by atoms with Crippen molar-refractivity contribution in [2.24, 2.45) is 0 Å². The van der Waals surface area contributed by atoms with Gasteiger partial charge in [-0.05, 0) is 34.2 Å². The van der Waals surface area contributed by atoms with Gasteiger partial charge in [-0.2, -0.15) is 0 Å². The van der Waals surface area contributed by atoms with Crippen LogP contribution in [0.25, 0.3) is 0 Å². The van der Waals surface area contributed by atoms with Crippen LogP contribution in [0.5, 0.6) is 0 Å². The summed E-state index contributed by atoms with van der Waals surface area (Å²) in [7, 11) is 0. The lowest BCUT2D eigenvalue weighted by molar-refractivity contribution is -0.122. The zero-order valence-electron chi connectivity index (χ0n) is 12.2. The molecule has 0 aliphatic rings. The average Bonchev–Trinajstić information content (AvgIpc) is 2.71. The number of anilines is 1. The van der Waals surface area contributed by atoms with Gasteiger partial charge in [0, 0.05) is 5.54 Å². The fourth-order valence-corrected chi connectivity index (χ4v) is 1.34. The van der Waals surface area contributed by atoms with Crippen LogP contribution in [0, 0.1) is 0 Å². The molecule has 1 aromatic rings. The molecule has 0 radical (unpaired) electrons. The SMILES string of the molecule is CCNCc1nnc(NC(C)C(=O)NC(C)(C)C)o1. The van der Waals surface area contributed by atoms with Crippen molar-refractivity contribution < 1.29 is 9.21 Å². The van der Waals surface area contributed by atoms with Crippen LogP contribution in [0.15, 0.2) is 4.42 Å². The van der Waals surface area contributed by atoms with Gasteiger partial charge in [0.1, 0.15) is 6.04 Å². The van der Waals surface area contributed by atoms with E-state index in [9.17, 15) is 4.79 Å². The Morgan fingerprint density at radius 3 is 2.63 bits per heavy atom. The summed E-state index contributed by atoms with van der Waals surface area (Å²) in [5.74, 6) is 0.381. The highest BCUT2D eigenvalue weighted by Gasteiger charge is 2.20. The number of nitrogens with one attached hydrogen (secondary N) is 3. The first kappa shape index (κ1) is 15.4. The van der Waals surface area contributed by atoms with Crippen LogP contribution in [0.1, 0.15) is 40.5 Å². The smallest absolute Gasteiger partial charge is 0.316 e. The molecule has 1 atom stereocenters. The van der Waals surface area contributed by atoms with Crippen molar-refractivity contribution in [1.82, 2.24) is 20.8 Å². The topological polar surface area (TPSA) is 92.1 Å². The second-order valence-corrected chi connectivity index (χ2v) is 5.39. The number of rotatable bonds is 6. The van der Waals surface area contributed by atoms with Gasteiger partial charge in [0.05, 0.1) is 6.54 Å². The van der Waals surface area contributed by atoms with E-state index >= 15 is 0 Å². The van der Waals surface area contributed by atoms with Crippen LogP contribution >= 0.6 is 0 Å². The van der Waals surface area contributed by atoms with E-state index in [0.29, 0.717) is 12.4 Å². The van der Waals surface area contributed by atoms with Gasteiger partial charge in [0.2, 0.25) is 11.8 Å². The maximum atomic E-state index is 11.9. The predicted molar refractivity (Wildman–Crippen MR) is 72.7 cm³/mol. The lowest BCUT2D eigenvalue weighted by atomic mass is 10.1. The van der Waals surface area contributed by atoms with Crippen LogP contribution in [-0.4, -0.2) is 34.2 Å². The molecule has 1 unspecified atom stereocenters. The maximum Gasteiger partial charge on any atom is 0.316 e. The summed E-state index contributed by atoms with van der Waals surface area (Å²) in [5.41, 5.74) is -0.266. The molecule has 1 heterocycles. The average molecular weight is 269 g/mol. The van der Waals surface area contributed by atoms with Crippen LogP contribution in [0.2, 0.25) is 0 Å². The van der Waals surface area contributed by atoms with Gasteiger partial charge in [0.15, 0.2) is 0 Å². The van der Waals surface area contributed by atoms with Crippen molar-refractivity contribution in [3.05, 3.63) is 5.89 Å². The summed E-state index contributed by atoms with van der Waals surface area (Å²) in [6, 6.07) is -0.184. The van der Waals surface area contributed by atoms with Crippen molar-refractivity contribution in [2.75, 3.05) is 11.9 Å². The van der Waals surface area contributed by atoms with Crippen LogP contribution < -0.4 is 16.0 Å². The van der Waals surface area contributed by atoms with Gasteiger partial charge in [-0.3, -0.25) is 4.79 Å². The Balaban J connectivity index is 2.49. The number of carbonyl (C=O) groups excluding carboxylic acids is 1. The highest BCUT2D eigenvalue weighted by Crippen LogP contribution is 2.08. The number of carbonyl (C=O) groups is 1. The molecule has 0 fully saturated rings.